The van der Waals surface area contributed by atoms with Gasteiger partial charge < -0.3 is 10.6 Å². The summed E-state index contributed by atoms with van der Waals surface area (Å²) in [4.78, 5) is 21.9. The fraction of sp³-hybridized carbons (Fsp3) is 0.133. The largest absolute Gasteiger partial charge is 0.323 e. The molecule has 138 valence electrons. The molecule has 0 bridgehead atoms. The van der Waals surface area contributed by atoms with Crippen LogP contribution in [0.1, 0.15) is 0 Å². The molecule has 0 spiro atoms. The third kappa shape index (κ3) is 4.48. The summed E-state index contributed by atoms with van der Waals surface area (Å²) in [6.07, 6.45) is 0. The molecule has 0 unspecified atom stereocenters. The fourth-order valence-electron chi connectivity index (χ4n) is 1.94. The molecule has 0 saturated carbocycles. The maximum Gasteiger partial charge on any atom is 0.323 e. The van der Waals surface area contributed by atoms with Gasteiger partial charge in [0.05, 0.1) is 9.95 Å². The van der Waals surface area contributed by atoms with E-state index in [4.69, 9.17) is 11.6 Å². The number of rotatable bonds is 5. The van der Waals surface area contributed by atoms with Crippen molar-refractivity contribution in [1.82, 2.24) is 4.31 Å². The van der Waals surface area contributed by atoms with Gasteiger partial charge in [-0.15, -0.1) is 0 Å². The van der Waals surface area contributed by atoms with Crippen molar-refractivity contribution >= 4 is 44.7 Å². The topological polar surface area (TPSA) is 122 Å². The van der Waals surface area contributed by atoms with Crippen LogP contribution in [0.3, 0.4) is 0 Å². The number of carbonyl (C=O) groups is 1. The standard InChI is InChI=1S/C15H15ClN4O5S/c1-19(2)26(24,25)14-9-11(5-8-13(14)16)18-15(21)17-10-3-6-12(7-4-10)20(22)23/h3-9H,1-2H3,(H2,17,18,21). The van der Waals surface area contributed by atoms with Crippen molar-refractivity contribution < 1.29 is 18.1 Å². The van der Waals surface area contributed by atoms with Gasteiger partial charge in [-0.1, -0.05) is 11.6 Å². The predicted octanol–water partition coefficient (Wildman–Crippen LogP) is 3.14. The van der Waals surface area contributed by atoms with E-state index in [2.05, 4.69) is 10.6 Å². The van der Waals surface area contributed by atoms with Crippen LogP contribution in [-0.2, 0) is 10.0 Å². The normalized spacial score (nSPS) is 11.2. The van der Waals surface area contributed by atoms with Gasteiger partial charge in [-0.2, -0.15) is 0 Å². The van der Waals surface area contributed by atoms with Crippen LogP contribution >= 0.6 is 11.6 Å². The number of sulfonamides is 1. The molecular formula is C15H15ClN4O5S. The molecule has 2 aromatic rings. The van der Waals surface area contributed by atoms with Crippen molar-refractivity contribution in [3.05, 3.63) is 57.6 Å². The second kappa shape index (κ2) is 7.68. The van der Waals surface area contributed by atoms with Gasteiger partial charge in [0, 0.05) is 37.6 Å². The number of nitrogens with one attached hydrogen (secondary N) is 2. The highest BCUT2D eigenvalue weighted by Crippen LogP contribution is 2.27. The summed E-state index contributed by atoms with van der Waals surface area (Å²) in [5.74, 6) is 0. The lowest BCUT2D eigenvalue weighted by molar-refractivity contribution is -0.384. The molecule has 0 heterocycles. The number of amides is 2. The van der Waals surface area contributed by atoms with E-state index in [0.717, 1.165) is 4.31 Å². The van der Waals surface area contributed by atoms with Crippen molar-refractivity contribution in [2.24, 2.45) is 0 Å². The first-order valence-electron chi connectivity index (χ1n) is 7.16. The molecule has 2 aromatic carbocycles. The van der Waals surface area contributed by atoms with Crippen molar-refractivity contribution in [3.63, 3.8) is 0 Å². The predicted molar refractivity (Wildman–Crippen MR) is 98.1 cm³/mol. The highest BCUT2D eigenvalue weighted by molar-refractivity contribution is 7.89. The first kappa shape index (κ1) is 19.6. The minimum atomic E-state index is -3.77. The number of carbonyl (C=O) groups excluding carboxylic acids is 1. The van der Waals surface area contributed by atoms with Crippen LogP contribution in [0.15, 0.2) is 47.4 Å². The minimum absolute atomic E-state index is 0.0278. The monoisotopic (exact) mass is 398 g/mol. The zero-order chi connectivity index (χ0) is 19.5. The smallest absolute Gasteiger partial charge is 0.308 e. The van der Waals surface area contributed by atoms with Crippen LogP contribution in [0.4, 0.5) is 21.9 Å². The summed E-state index contributed by atoms with van der Waals surface area (Å²) in [5.41, 5.74) is 0.449. The molecular weight excluding hydrogens is 384 g/mol. The van der Waals surface area contributed by atoms with Crippen LogP contribution in [0.2, 0.25) is 5.02 Å². The molecule has 0 aromatic heterocycles. The fourth-order valence-corrected chi connectivity index (χ4v) is 3.33. The summed E-state index contributed by atoms with van der Waals surface area (Å²) in [6, 6.07) is 8.66. The molecule has 0 aliphatic rings. The van der Waals surface area contributed by atoms with Crippen LogP contribution < -0.4 is 10.6 Å². The van der Waals surface area contributed by atoms with Gasteiger partial charge in [0.1, 0.15) is 4.90 Å². The second-order valence-electron chi connectivity index (χ2n) is 5.32. The number of benzene rings is 2. The van der Waals surface area contributed by atoms with E-state index < -0.39 is 21.0 Å². The van der Waals surface area contributed by atoms with Gasteiger partial charge in [0.25, 0.3) is 5.69 Å². The van der Waals surface area contributed by atoms with E-state index >= 15 is 0 Å². The van der Waals surface area contributed by atoms with Gasteiger partial charge >= 0.3 is 6.03 Å². The van der Waals surface area contributed by atoms with Crippen molar-refractivity contribution in [3.8, 4) is 0 Å². The molecule has 2 amide bonds. The Hall–Kier alpha value is -2.69. The second-order valence-corrected chi connectivity index (χ2v) is 7.84. The van der Waals surface area contributed by atoms with E-state index in [-0.39, 0.29) is 21.3 Å². The van der Waals surface area contributed by atoms with E-state index in [1.165, 1.54) is 56.6 Å². The van der Waals surface area contributed by atoms with Crippen LogP contribution in [0.5, 0.6) is 0 Å². The van der Waals surface area contributed by atoms with E-state index in [9.17, 15) is 23.3 Å². The number of halogens is 1. The first-order chi connectivity index (χ1) is 12.1. The summed E-state index contributed by atoms with van der Waals surface area (Å²) < 4.78 is 25.5. The van der Waals surface area contributed by atoms with E-state index in [0.29, 0.717) is 5.69 Å². The number of nitro benzene ring substituents is 1. The van der Waals surface area contributed by atoms with Gasteiger partial charge in [-0.25, -0.2) is 17.5 Å². The number of non-ortho nitro benzene ring substituents is 1. The van der Waals surface area contributed by atoms with Crippen molar-refractivity contribution in [2.45, 2.75) is 4.90 Å². The highest BCUT2D eigenvalue weighted by Gasteiger charge is 2.21. The summed E-state index contributed by atoms with van der Waals surface area (Å²) in [6.45, 7) is 0. The molecule has 9 nitrogen and oxygen atoms in total. The van der Waals surface area contributed by atoms with Gasteiger partial charge in [0.15, 0.2) is 0 Å². The minimum Gasteiger partial charge on any atom is -0.308 e. The Bertz CT molecular complexity index is 945. The van der Waals surface area contributed by atoms with Crippen LogP contribution in [0, 0.1) is 10.1 Å². The maximum atomic E-state index is 12.2. The molecule has 0 atom stereocenters. The number of urea groups is 1. The van der Waals surface area contributed by atoms with Crippen molar-refractivity contribution in [1.29, 1.82) is 0 Å². The lowest BCUT2D eigenvalue weighted by Gasteiger charge is -2.14. The zero-order valence-electron chi connectivity index (χ0n) is 13.8. The molecule has 2 N–H and O–H groups in total. The molecule has 0 radical (unpaired) electrons. The lowest BCUT2D eigenvalue weighted by atomic mass is 10.3. The van der Waals surface area contributed by atoms with Gasteiger partial charge in [0.2, 0.25) is 10.0 Å². The lowest BCUT2D eigenvalue weighted by Crippen LogP contribution is -2.23. The summed E-state index contributed by atoms with van der Waals surface area (Å²) in [5, 5.41) is 15.6. The average molecular weight is 399 g/mol. The number of hydrogen-bond donors (Lipinski definition) is 2. The quantitative estimate of drug-likeness (QED) is 0.591. The Morgan fingerprint density at radius 1 is 1.08 bits per heavy atom. The highest BCUT2D eigenvalue weighted by atomic mass is 35.5. The van der Waals surface area contributed by atoms with E-state index in [1.807, 2.05) is 0 Å². The molecule has 26 heavy (non-hydrogen) atoms. The van der Waals surface area contributed by atoms with Crippen molar-refractivity contribution in [2.75, 3.05) is 24.7 Å². The third-order valence-electron chi connectivity index (χ3n) is 3.28. The van der Waals surface area contributed by atoms with Crippen LogP contribution in [0.25, 0.3) is 0 Å². The molecule has 0 aliphatic heterocycles. The van der Waals surface area contributed by atoms with Gasteiger partial charge in [-0.05, 0) is 30.3 Å². The SMILES string of the molecule is CN(C)S(=O)(=O)c1cc(NC(=O)Nc2ccc([N+](=O)[O-])cc2)ccc1Cl. The Morgan fingerprint density at radius 2 is 1.62 bits per heavy atom. The number of nitro groups is 1. The number of anilines is 2. The number of hydrogen-bond acceptors (Lipinski definition) is 5. The Morgan fingerprint density at radius 3 is 2.15 bits per heavy atom. The first-order valence-corrected chi connectivity index (χ1v) is 8.97. The Kier molecular flexibility index (Phi) is 5.80. The number of nitrogens with zero attached hydrogens (tertiary/aromatic N) is 2. The summed E-state index contributed by atoms with van der Waals surface area (Å²) in [7, 11) is -1.04. The molecule has 0 aliphatic carbocycles. The summed E-state index contributed by atoms with van der Waals surface area (Å²) >= 11 is 5.94. The molecule has 11 heteroatoms. The molecule has 0 fully saturated rings. The third-order valence-corrected chi connectivity index (χ3v) is 5.58. The zero-order valence-corrected chi connectivity index (χ0v) is 15.3. The Labute approximate surface area is 154 Å². The maximum absolute atomic E-state index is 12.2. The molecule has 2 rings (SSSR count). The van der Waals surface area contributed by atoms with E-state index in [1.54, 1.807) is 0 Å². The molecule has 0 saturated heterocycles. The van der Waals surface area contributed by atoms with Gasteiger partial charge in [-0.3, -0.25) is 10.1 Å². The Balaban J connectivity index is 2.15. The van der Waals surface area contributed by atoms with Crippen LogP contribution in [-0.4, -0.2) is 37.8 Å². The average Bonchev–Trinajstić information content (AvgIpc) is 2.56.